The molecule has 1 aliphatic heterocycles. The summed E-state index contributed by atoms with van der Waals surface area (Å²) in [5.41, 5.74) is 5.80. The van der Waals surface area contributed by atoms with E-state index in [4.69, 9.17) is 10.2 Å². The topological polar surface area (TPSA) is 70.4 Å². The molecule has 1 atom stereocenters. The third-order valence-electron chi connectivity index (χ3n) is 5.36. The van der Waals surface area contributed by atoms with Gasteiger partial charge in [0.2, 0.25) is 0 Å². The van der Waals surface area contributed by atoms with E-state index in [1.807, 2.05) is 18.2 Å². The van der Waals surface area contributed by atoms with E-state index in [1.165, 1.54) is 24.7 Å². The van der Waals surface area contributed by atoms with Gasteiger partial charge in [0.25, 0.3) is 5.91 Å². The average Bonchev–Trinajstić information content (AvgIpc) is 3.01. The minimum atomic E-state index is -0.546. The van der Waals surface area contributed by atoms with Crippen LogP contribution in [0.15, 0.2) is 30.3 Å². The number of nitrogens with one attached hydrogen (secondary N) is 1. The fraction of sp³-hybridized carbons (Fsp3) is 0.429. The summed E-state index contributed by atoms with van der Waals surface area (Å²) in [5, 5.41) is 8.63. The summed E-state index contributed by atoms with van der Waals surface area (Å²) in [5.74, 6) is 0.435. The fourth-order valence-electron chi connectivity index (χ4n) is 3.80. The Kier molecular flexibility index (Phi) is 6.08. The van der Waals surface area contributed by atoms with Crippen molar-refractivity contribution in [3.05, 3.63) is 47.3 Å². The Balaban J connectivity index is 1.97. The molecule has 1 saturated heterocycles. The lowest BCUT2D eigenvalue weighted by atomic mass is 10.0. The highest BCUT2D eigenvalue weighted by Gasteiger charge is 2.25. The van der Waals surface area contributed by atoms with Crippen LogP contribution in [-0.4, -0.2) is 45.2 Å². The van der Waals surface area contributed by atoms with Gasteiger partial charge in [-0.05, 0) is 57.5 Å². The van der Waals surface area contributed by atoms with Gasteiger partial charge in [0.05, 0.1) is 5.69 Å². The number of carbonyl (C=O) groups is 1. The maximum atomic E-state index is 11.2. The first kappa shape index (κ1) is 19.3. The molecule has 1 aromatic carbocycles. The third-order valence-corrected chi connectivity index (χ3v) is 5.36. The number of carbonyl (C=O) groups excluding carboxylic acids is 1. The molecule has 1 fully saturated rings. The maximum absolute atomic E-state index is 11.2. The van der Waals surface area contributed by atoms with Crippen molar-refractivity contribution < 1.29 is 10.0 Å². The number of likely N-dealkylation sites (N-methyl/N-ethyl adjacent to an activating group) is 1. The van der Waals surface area contributed by atoms with Gasteiger partial charge in [0.1, 0.15) is 5.82 Å². The van der Waals surface area contributed by atoms with E-state index in [0.717, 1.165) is 42.2 Å². The number of likely N-dealkylation sites (tertiary alicyclic amines) is 1. The van der Waals surface area contributed by atoms with Crippen molar-refractivity contribution in [2.24, 2.45) is 0 Å². The Bertz CT molecular complexity index is 841. The molecule has 2 heterocycles. The Morgan fingerprint density at radius 3 is 2.96 bits per heavy atom. The second kappa shape index (κ2) is 8.50. The molecule has 1 aromatic heterocycles. The molecule has 0 aliphatic carbocycles. The Labute approximate surface area is 160 Å². The van der Waals surface area contributed by atoms with Gasteiger partial charge in [-0.15, -0.1) is 0 Å². The highest BCUT2D eigenvalue weighted by atomic mass is 16.5. The molecule has 1 aliphatic rings. The van der Waals surface area contributed by atoms with Crippen molar-refractivity contribution in [2.75, 3.05) is 19.6 Å². The monoisotopic (exact) mass is 368 g/mol. The van der Waals surface area contributed by atoms with E-state index in [0.29, 0.717) is 6.04 Å². The minimum Gasteiger partial charge on any atom is -0.324 e. The number of aromatic nitrogens is 2. The number of imidazole rings is 1. The number of hydroxylamine groups is 1. The summed E-state index contributed by atoms with van der Waals surface area (Å²) >= 11 is 0. The molecular formula is C21H28N4O2. The normalized spacial score (nSPS) is 18.1. The molecular weight excluding hydrogens is 340 g/mol. The third kappa shape index (κ3) is 4.28. The zero-order valence-electron chi connectivity index (χ0n) is 16.3. The number of rotatable bonds is 5. The Hall–Kier alpha value is -2.44. The van der Waals surface area contributed by atoms with Crippen molar-refractivity contribution in [3.8, 4) is 11.4 Å². The largest absolute Gasteiger partial charge is 0.324 e. The molecule has 2 N–H and O–H groups in total. The number of aryl methyl sites for hydroxylation is 1. The van der Waals surface area contributed by atoms with Gasteiger partial charge >= 0.3 is 0 Å². The molecule has 6 heteroatoms. The SMILES string of the molecule is CCN1CCCC(n2c(-c3cccc(C=CC(=O)NO)c3)nc(C)c2C)C1. The fourth-order valence-corrected chi connectivity index (χ4v) is 3.80. The zero-order chi connectivity index (χ0) is 19.4. The van der Waals surface area contributed by atoms with Crippen molar-refractivity contribution in [2.45, 2.75) is 39.7 Å². The lowest BCUT2D eigenvalue weighted by Crippen LogP contribution is -2.36. The van der Waals surface area contributed by atoms with Crippen LogP contribution in [0.5, 0.6) is 0 Å². The summed E-state index contributed by atoms with van der Waals surface area (Å²) < 4.78 is 2.39. The quantitative estimate of drug-likeness (QED) is 0.482. The van der Waals surface area contributed by atoms with Crippen LogP contribution < -0.4 is 5.48 Å². The number of amides is 1. The second-order valence-corrected chi connectivity index (χ2v) is 7.10. The summed E-state index contributed by atoms with van der Waals surface area (Å²) in [7, 11) is 0. The molecule has 0 bridgehead atoms. The van der Waals surface area contributed by atoms with Crippen molar-refractivity contribution in [1.29, 1.82) is 0 Å². The van der Waals surface area contributed by atoms with Crippen molar-refractivity contribution in [3.63, 3.8) is 0 Å². The van der Waals surface area contributed by atoms with Crippen LogP contribution in [0.4, 0.5) is 0 Å². The van der Waals surface area contributed by atoms with Gasteiger partial charge in [0, 0.05) is 29.9 Å². The molecule has 1 amide bonds. The van der Waals surface area contributed by atoms with E-state index in [2.05, 4.69) is 36.3 Å². The van der Waals surface area contributed by atoms with Crippen molar-refractivity contribution >= 4 is 12.0 Å². The van der Waals surface area contributed by atoms with Gasteiger partial charge in [-0.2, -0.15) is 0 Å². The summed E-state index contributed by atoms with van der Waals surface area (Å²) in [6.07, 6.45) is 5.36. The standard InChI is InChI=1S/C21H28N4O2/c1-4-24-12-6-9-19(14-24)25-16(3)15(2)22-21(25)18-8-5-7-17(13-18)10-11-20(26)23-27/h5,7-8,10-11,13,19,27H,4,6,9,12,14H2,1-3H3,(H,23,26). The number of benzene rings is 1. The van der Waals surface area contributed by atoms with E-state index >= 15 is 0 Å². The minimum absolute atomic E-state index is 0.425. The molecule has 0 radical (unpaired) electrons. The average molecular weight is 368 g/mol. The van der Waals surface area contributed by atoms with Crippen LogP contribution in [0.3, 0.4) is 0 Å². The van der Waals surface area contributed by atoms with Crippen LogP contribution in [0.2, 0.25) is 0 Å². The Morgan fingerprint density at radius 1 is 1.41 bits per heavy atom. The predicted molar refractivity (Wildman–Crippen MR) is 106 cm³/mol. The molecule has 0 spiro atoms. The molecule has 144 valence electrons. The predicted octanol–water partition coefficient (Wildman–Crippen LogP) is 3.34. The summed E-state index contributed by atoms with van der Waals surface area (Å²) in [6.45, 7) is 9.72. The van der Waals surface area contributed by atoms with E-state index in [1.54, 1.807) is 11.6 Å². The lowest BCUT2D eigenvalue weighted by Gasteiger charge is -2.34. The molecule has 6 nitrogen and oxygen atoms in total. The van der Waals surface area contributed by atoms with Gasteiger partial charge in [-0.3, -0.25) is 10.0 Å². The Morgan fingerprint density at radius 2 is 2.22 bits per heavy atom. The number of hydrogen-bond acceptors (Lipinski definition) is 4. The van der Waals surface area contributed by atoms with Crippen molar-refractivity contribution in [1.82, 2.24) is 19.9 Å². The maximum Gasteiger partial charge on any atom is 0.267 e. The number of nitrogens with zero attached hydrogens (tertiary/aromatic N) is 3. The first-order valence-electron chi connectivity index (χ1n) is 9.53. The van der Waals surface area contributed by atoms with Gasteiger partial charge in [0.15, 0.2) is 0 Å². The van der Waals surface area contributed by atoms with Gasteiger partial charge < -0.3 is 9.47 Å². The zero-order valence-corrected chi connectivity index (χ0v) is 16.3. The summed E-state index contributed by atoms with van der Waals surface area (Å²) in [6, 6.07) is 8.40. The smallest absolute Gasteiger partial charge is 0.267 e. The number of piperidine rings is 1. The first-order chi connectivity index (χ1) is 13.0. The van der Waals surface area contributed by atoms with Crippen LogP contribution in [-0.2, 0) is 4.79 Å². The van der Waals surface area contributed by atoms with E-state index in [-0.39, 0.29) is 0 Å². The lowest BCUT2D eigenvalue weighted by molar-refractivity contribution is -0.124. The molecule has 2 aromatic rings. The number of hydrogen-bond donors (Lipinski definition) is 2. The van der Waals surface area contributed by atoms with E-state index < -0.39 is 5.91 Å². The van der Waals surface area contributed by atoms with Crippen LogP contribution in [0.25, 0.3) is 17.5 Å². The van der Waals surface area contributed by atoms with Gasteiger partial charge in [-0.25, -0.2) is 10.5 Å². The second-order valence-electron chi connectivity index (χ2n) is 7.10. The molecule has 3 rings (SSSR count). The highest BCUT2D eigenvalue weighted by molar-refractivity contribution is 5.91. The molecule has 27 heavy (non-hydrogen) atoms. The van der Waals surface area contributed by atoms with E-state index in [9.17, 15) is 4.79 Å². The van der Waals surface area contributed by atoms with Crippen LogP contribution in [0.1, 0.15) is 42.8 Å². The van der Waals surface area contributed by atoms with Crippen LogP contribution in [0, 0.1) is 13.8 Å². The highest BCUT2D eigenvalue weighted by Crippen LogP contribution is 2.31. The molecule has 0 saturated carbocycles. The summed E-state index contributed by atoms with van der Waals surface area (Å²) in [4.78, 5) is 18.6. The molecule has 1 unspecified atom stereocenters. The van der Waals surface area contributed by atoms with Gasteiger partial charge in [-0.1, -0.05) is 25.1 Å². The first-order valence-corrected chi connectivity index (χ1v) is 9.53. The van der Waals surface area contributed by atoms with Crippen LogP contribution >= 0.6 is 0 Å².